The van der Waals surface area contributed by atoms with Crippen LogP contribution in [-0.2, 0) is 6.18 Å². The molecule has 3 aromatic heterocycles. The van der Waals surface area contributed by atoms with Gasteiger partial charge in [-0.15, -0.1) is 5.10 Å². The molecule has 31 heavy (non-hydrogen) atoms. The Kier molecular flexibility index (Phi) is 4.28. The predicted octanol–water partition coefficient (Wildman–Crippen LogP) is 4.43. The quantitative estimate of drug-likeness (QED) is 0.428. The van der Waals surface area contributed by atoms with E-state index < -0.39 is 11.7 Å². The molecule has 0 aliphatic rings. The molecule has 3 heterocycles. The van der Waals surface area contributed by atoms with Gasteiger partial charge < -0.3 is 4.74 Å². The van der Waals surface area contributed by atoms with Gasteiger partial charge in [0.25, 0.3) is 0 Å². The second-order valence-corrected chi connectivity index (χ2v) is 6.70. The van der Waals surface area contributed by atoms with Crippen LogP contribution in [0.5, 0.6) is 5.75 Å². The maximum atomic E-state index is 14.0. The second kappa shape index (κ2) is 7.01. The average Bonchev–Trinajstić information content (AvgIpc) is 3.28. The molecule has 2 aromatic carbocycles. The van der Waals surface area contributed by atoms with Crippen molar-refractivity contribution in [2.45, 2.75) is 6.18 Å². The minimum atomic E-state index is -4.65. The largest absolute Gasteiger partial charge is 0.497 e. The summed E-state index contributed by atoms with van der Waals surface area (Å²) in [7, 11) is 1.54. The van der Waals surface area contributed by atoms with Gasteiger partial charge >= 0.3 is 6.18 Å². The predicted molar refractivity (Wildman–Crippen MR) is 106 cm³/mol. The van der Waals surface area contributed by atoms with Gasteiger partial charge in [-0.2, -0.15) is 17.7 Å². The lowest BCUT2D eigenvalue weighted by Crippen LogP contribution is -2.10. The minimum Gasteiger partial charge on any atom is -0.497 e. The topological polar surface area (TPSA) is 78.1 Å². The van der Waals surface area contributed by atoms with Crippen LogP contribution >= 0.6 is 0 Å². The van der Waals surface area contributed by atoms with Crippen LogP contribution in [0.1, 0.15) is 5.56 Å². The van der Waals surface area contributed by atoms with Crippen molar-refractivity contribution in [3.8, 4) is 28.4 Å². The van der Waals surface area contributed by atoms with E-state index in [1.54, 1.807) is 54.6 Å². The van der Waals surface area contributed by atoms with Crippen LogP contribution in [0.2, 0.25) is 0 Å². The van der Waals surface area contributed by atoms with E-state index in [1.165, 1.54) is 11.6 Å². The molecule has 0 saturated carbocycles. The molecule has 0 amide bonds. The summed E-state index contributed by atoms with van der Waals surface area (Å²) in [6.07, 6.45) is -4.65. The monoisotopic (exact) mass is 422 g/mol. The maximum absolute atomic E-state index is 14.0. The minimum absolute atomic E-state index is 0.0738. The van der Waals surface area contributed by atoms with E-state index in [1.807, 2.05) is 0 Å². The number of halogens is 3. The Bertz CT molecular complexity index is 1400. The van der Waals surface area contributed by atoms with Crippen molar-refractivity contribution in [2.75, 3.05) is 7.11 Å². The summed E-state index contributed by atoms with van der Waals surface area (Å²) in [5.41, 5.74) is 0.232. The standard InChI is InChI=1S/C21H13F3N6O/c1-31-14-9-7-13(8-10-14)19-26-18-17(20-27-28-29-30(19)20)15(21(22,23)24)11-16(25-18)12-5-3-2-4-6-12/h2-11H,1H3. The van der Waals surface area contributed by atoms with Gasteiger partial charge in [-0.05, 0) is 40.8 Å². The zero-order valence-electron chi connectivity index (χ0n) is 16.0. The first-order valence-electron chi connectivity index (χ1n) is 9.15. The average molecular weight is 422 g/mol. The number of tetrazole rings is 1. The zero-order valence-corrected chi connectivity index (χ0v) is 16.0. The summed E-state index contributed by atoms with van der Waals surface area (Å²) < 4.78 is 48.4. The smallest absolute Gasteiger partial charge is 0.417 e. The summed E-state index contributed by atoms with van der Waals surface area (Å²) >= 11 is 0. The highest BCUT2D eigenvalue weighted by Gasteiger charge is 2.36. The van der Waals surface area contributed by atoms with Gasteiger partial charge in [0, 0.05) is 11.1 Å². The van der Waals surface area contributed by atoms with Crippen molar-refractivity contribution in [2.24, 2.45) is 0 Å². The van der Waals surface area contributed by atoms with Crippen LogP contribution in [0, 0.1) is 0 Å². The number of hydrogen-bond donors (Lipinski definition) is 0. The molecule has 0 saturated heterocycles. The molecule has 0 atom stereocenters. The fraction of sp³-hybridized carbons (Fsp3) is 0.0952. The molecule has 5 aromatic rings. The number of pyridine rings is 1. The first kappa shape index (κ1) is 18.9. The third-order valence-electron chi connectivity index (χ3n) is 4.83. The maximum Gasteiger partial charge on any atom is 0.417 e. The summed E-state index contributed by atoms with van der Waals surface area (Å²) in [4.78, 5) is 8.85. The van der Waals surface area contributed by atoms with E-state index in [0.717, 1.165) is 6.07 Å². The molecule has 0 N–H and O–H groups in total. The van der Waals surface area contributed by atoms with Gasteiger partial charge in [-0.3, -0.25) is 0 Å². The Morgan fingerprint density at radius 3 is 2.32 bits per heavy atom. The van der Waals surface area contributed by atoms with E-state index in [4.69, 9.17) is 4.74 Å². The molecule has 10 heteroatoms. The Hall–Kier alpha value is -4.08. The SMILES string of the molecule is COc1ccc(-c2nc3nc(-c4ccccc4)cc(C(F)(F)F)c3c3nnnn23)cc1. The van der Waals surface area contributed by atoms with Gasteiger partial charge in [0.1, 0.15) is 5.75 Å². The summed E-state index contributed by atoms with van der Waals surface area (Å²) in [5.74, 6) is 0.891. The lowest BCUT2D eigenvalue weighted by atomic mass is 10.1. The molecule has 0 radical (unpaired) electrons. The molecule has 0 unspecified atom stereocenters. The van der Waals surface area contributed by atoms with E-state index in [2.05, 4.69) is 25.5 Å². The first-order chi connectivity index (χ1) is 15.0. The van der Waals surface area contributed by atoms with Gasteiger partial charge in [0.2, 0.25) is 0 Å². The van der Waals surface area contributed by atoms with Crippen molar-refractivity contribution in [3.63, 3.8) is 0 Å². The number of ether oxygens (including phenoxy) is 1. The van der Waals surface area contributed by atoms with E-state index >= 15 is 0 Å². The summed E-state index contributed by atoms with van der Waals surface area (Å²) in [6.45, 7) is 0. The zero-order chi connectivity index (χ0) is 21.6. The molecule has 5 rings (SSSR count). The van der Waals surface area contributed by atoms with E-state index in [9.17, 15) is 13.2 Å². The molecule has 154 valence electrons. The number of fused-ring (bicyclic) bond motifs is 3. The van der Waals surface area contributed by atoms with Gasteiger partial charge in [0.05, 0.1) is 23.8 Å². The number of nitrogens with zero attached hydrogens (tertiary/aromatic N) is 6. The van der Waals surface area contributed by atoms with Gasteiger partial charge in [-0.1, -0.05) is 30.3 Å². The molecular formula is C21H13F3N6O. The number of alkyl halides is 3. The number of rotatable bonds is 3. The fourth-order valence-corrected chi connectivity index (χ4v) is 3.37. The number of methoxy groups -OCH3 is 1. The number of hydrogen-bond acceptors (Lipinski definition) is 6. The van der Waals surface area contributed by atoms with Gasteiger partial charge in [-0.25, -0.2) is 9.97 Å². The lowest BCUT2D eigenvalue weighted by Gasteiger charge is -2.14. The van der Waals surface area contributed by atoms with Crippen molar-refractivity contribution < 1.29 is 17.9 Å². The van der Waals surface area contributed by atoms with Crippen LogP contribution in [0.4, 0.5) is 13.2 Å². The van der Waals surface area contributed by atoms with Crippen molar-refractivity contribution in [1.82, 2.24) is 30.0 Å². The van der Waals surface area contributed by atoms with Gasteiger partial charge in [0.15, 0.2) is 17.1 Å². The molecule has 0 bridgehead atoms. The molecule has 0 aliphatic heterocycles. The Morgan fingerprint density at radius 2 is 1.65 bits per heavy atom. The fourth-order valence-electron chi connectivity index (χ4n) is 3.37. The summed E-state index contributed by atoms with van der Waals surface area (Å²) in [5, 5.41) is 11.0. The molecule has 7 nitrogen and oxygen atoms in total. The molecule has 0 aliphatic carbocycles. The second-order valence-electron chi connectivity index (χ2n) is 6.70. The van der Waals surface area contributed by atoms with Crippen LogP contribution in [0.15, 0.2) is 60.7 Å². The Morgan fingerprint density at radius 1 is 0.903 bits per heavy atom. The van der Waals surface area contributed by atoms with E-state index in [0.29, 0.717) is 16.9 Å². The molecule has 0 fully saturated rings. The highest BCUT2D eigenvalue weighted by Crippen LogP contribution is 2.38. The van der Waals surface area contributed by atoms with Crippen molar-refractivity contribution in [1.29, 1.82) is 0 Å². The van der Waals surface area contributed by atoms with Crippen LogP contribution in [0.25, 0.3) is 39.3 Å². The third-order valence-corrected chi connectivity index (χ3v) is 4.83. The Labute approximate surface area is 173 Å². The highest BCUT2D eigenvalue weighted by molar-refractivity contribution is 5.95. The lowest BCUT2D eigenvalue weighted by molar-refractivity contribution is -0.136. The number of aromatic nitrogens is 6. The van der Waals surface area contributed by atoms with Crippen LogP contribution in [-0.4, -0.2) is 37.1 Å². The van der Waals surface area contributed by atoms with Crippen LogP contribution < -0.4 is 4.74 Å². The van der Waals surface area contributed by atoms with E-state index in [-0.39, 0.29) is 28.2 Å². The first-order valence-corrected chi connectivity index (χ1v) is 9.15. The van der Waals surface area contributed by atoms with Crippen LogP contribution in [0.3, 0.4) is 0 Å². The van der Waals surface area contributed by atoms with Crippen molar-refractivity contribution >= 4 is 16.7 Å². The summed E-state index contributed by atoms with van der Waals surface area (Å²) in [6, 6.07) is 16.5. The highest BCUT2D eigenvalue weighted by atomic mass is 19.4. The molecular weight excluding hydrogens is 409 g/mol. The number of benzene rings is 2. The Balaban J connectivity index is 1.85. The molecule has 0 spiro atoms. The van der Waals surface area contributed by atoms with Crippen molar-refractivity contribution in [3.05, 3.63) is 66.2 Å². The normalized spacial score (nSPS) is 11.9. The third kappa shape index (κ3) is 3.21.